The van der Waals surface area contributed by atoms with Gasteiger partial charge in [-0.3, -0.25) is 10.1 Å². The van der Waals surface area contributed by atoms with E-state index in [1.165, 1.54) is 11.2 Å². The van der Waals surface area contributed by atoms with Crippen LogP contribution in [-0.2, 0) is 21.8 Å². The summed E-state index contributed by atoms with van der Waals surface area (Å²) >= 11 is 0. The molecule has 6 rings (SSSR count). The van der Waals surface area contributed by atoms with Gasteiger partial charge in [0.2, 0.25) is 12.1 Å². The van der Waals surface area contributed by atoms with Crippen LogP contribution in [0.1, 0.15) is 25.8 Å². The highest BCUT2D eigenvalue weighted by Gasteiger charge is 2.44. The van der Waals surface area contributed by atoms with Crippen LogP contribution in [0.4, 0.5) is 21.9 Å². The van der Waals surface area contributed by atoms with Crippen molar-refractivity contribution in [3.63, 3.8) is 0 Å². The van der Waals surface area contributed by atoms with E-state index in [-0.39, 0.29) is 18.2 Å². The zero-order valence-electron chi connectivity index (χ0n) is 26.8. The van der Waals surface area contributed by atoms with Crippen molar-refractivity contribution in [2.75, 3.05) is 54.1 Å². The van der Waals surface area contributed by atoms with Gasteiger partial charge in [0.15, 0.2) is 0 Å². The highest BCUT2D eigenvalue weighted by molar-refractivity contribution is 6.06. The van der Waals surface area contributed by atoms with Gasteiger partial charge < -0.3 is 29.3 Å². The van der Waals surface area contributed by atoms with Gasteiger partial charge in [0, 0.05) is 61.6 Å². The van der Waals surface area contributed by atoms with Crippen LogP contribution in [0.15, 0.2) is 85.5 Å². The summed E-state index contributed by atoms with van der Waals surface area (Å²) < 4.78 is 20.6. The van der Waals surface area contributed by atoms with Crippen molar-refractivity contribution in [1.82, 2.24) is 25.3 Å². The number of hydrogen-bond donors (Lipinski definition) is 2. The summed E-state index contributed by atoms with van der Waals surface area (Å²) in [4.78, 5) is 18.8. The second-order valence-electron chi connectivity index (χ2n) is 11.7. The van der Waals surface area contributed by atoms with E-state index in [0.717, 1.165) is 61.0 Å². The van der Waals surface area contributed by atoms with Crippen molar-refractivity contribution in [2.24, 2.45) is 0 Å². The molecule has 0 bridgehead atoms. The number of aromatic nitrogens is 4. The number of amides is 2. The van der Waals surface area contributed by atoms with Crippen molar-refractivity contribution < 1.29 is 24.4 Å². The Morgan fingerprint density at radius 3 is 2.36 bits per heavy atom. The maximum absolute atomic E-state index is 12.6. The summed E-state index contributed by atoms with van der Waals surface area (Å²) in [7, 11) is 0. The fourth-order valence-corrected chi connectivity index (χ4v) is 5.74. The number of urea groups is 1. The van der Waals surface area contributed by atoms with Crippen LogP contribution in [-0.4, -0.2) is 83.9 Å². The Hall–Kier alpha value is -5.01. The molecule has 13 nitrogen and oxygen atoms in total. The van der Waals surface area contributed by atoms with E-state index in [4.69, 9.17) is 19.6 Å². The third-order valence-corrected chi connectivity index (χ3v) is 8.57. The topological polar surface area (TPSA) is 136 Å². The number of anilines is 3. The Bertz CT molecular complexity index is 1580. The minimum atomic E-state index is -1.02. The zero-order chi connectivity index (χ0) is 32.6. The van der Waals surface area contributed by atoms with Gasteiger partial charge in [0.05, 0.1) is 25.5 Å². The van der Waals surface area contributed by atoms with E-state index in [1.54, 1.807) is 23.3 Å². The average molecular weight is 641 g/mol. The number of piperazine rings is 1. The molecular formula is C34H42N9O4+. The summed E-state index contributed by atoms with van der Waals surface area (Å²) in [6.07, 6.45) is 8.77. The Balaban J connectivity index is 0.991. The SMILES string of the molecule is CCC(C)NC(=O)N(C=[NH2+])c1ccc(N2CCN(c3ccc(OCC4COC(Cn5cccn5)(c5ccnnc5)O4)cc3)CC2)cc1. The van der Waals surface area contributed by atoms with Crippen molar-refractivity contribution >= 4 is 29.4 Å². The molecule has 0 aliphatic carbocycles. The first-order valence-corrected chi connectivity index (χ1v) is 16.0. The molecule has 3 atom stereocenters. The molecule has 2 saturated heterocycles. The Labute approximate surface area is 274 Å². The second-order valence-corrected chi connectivity index (χ2v) is 11.7. The lowest BCUT2D eigenvalue weighted by molar-refractivity contribution is -0.191. The average Bonchev–Trinajstić information content (AvgIpc) is 3.79. The lowest BCUT2D eigenvalue weighted by Crippen LogP contribution is -2.50. The number of carbonyl (C=O) groups is 1. The normalized spacial score (nSPS) is 20.1. The maximum atomic E-state index is 12.6. The minimum Gasteiger partial charge on any atom is -0.491 e. The molecule has 4 aromatic rings. The Kier molecular flexibility index (Phi) is 9.93. The van der Waals surface area contributed by atoms with E-state index in [9.17, 15) is 4.79 Å². The number of nitrogens with two attached hydrogens (primary N) is 1. The Morgan fingerprint density at radius 2 is 1.77 bits per heavy atom. The molecule has 0 saturated carbocycles. The molecule has 2 fully saturated rings. The van der Waals surface area contributed by atoms with Gasteiger partial charge >= 0.3 is 6.03 Å². The molecule has 2 aliphatic heterocycles. The third kappa shape index (κ3) is 7.53. The molecule has 0 spiro atoms. The number of carbonyl (C=O) groups excluding carboxylic acids is 1. The predicted octanol–water partition coefficient (Wildman–Crippen LogP) is 2.45. The van der Waals surface area contributed by atoms with Crippen molar-refractivity contribution in [3.8, 4) is 5.75 Å². The van der Waals surface area contributed by atoms with Crippen molar-refractivity contribution in [3.05, 3.63) is 91.0 Å². The molecule has 2 aliphatic rings. The second kappa shape index (κ2) is 14.6. The molecular weight excluding hydrogens is 598 g/mol. The summed E-state index contributed by atoms with van der Waals surface area (Å²) in [5.41, 5.74) is 3.77. The quantitative estimate of drug-likeness (QED) is 0.177. The molecule has 2 amide bonds. The molecule has 2 aromatic carbocycles. The van der Waals surface area contributed by atoms with Crippen LogP contribution < -0.4 is 30.2 Å². The molecule has 4 heterocycles. The molecule has 3 N–H and O–H groups in total. The van der Waals surface area contributed by atoms with Crippen molar-refractivity contribution in [1.29, 1.82) is 0 Å². The van der Waals surface area contributed by atoms with Crippen LogP contribution in [0.3, 0.4) is 0 Å². The smallest absolute Gasteiger partial charge is 0.413 e. The van der Waals surface area contributed by atoms with Crippen LogP contribution in [0.25, 0.3) is 0 Å². The fraction of sp³-hybridized carbons (Fsp3) is 0.382. The predicted molar refractivity (Wildman–Crippen MR) is 178 cm³/mol. The summed E-state index contributed by atoms with van der Waals surface area (Å²) in [6, 6.07) is 19.7. The number of benzene rings is 2. The largest absolute Gasteiger partial charge is 0.491 e. The molecule has 3 unspecified atom stereocenters. The number of nitrogens with zero attached hydrogens (tertiary/aromatic N) is 7. The van der Waals surface area contributed by atoms with Gasteiger partial charge in [-0.05, 0) is 74.0 Å². The van der Waals surface area contributed by atoms with Gasteiger partial charge in [-0.2, -0.15) is 15.3 Å². The fourth-order valence-electron chi connectivity index (χ4n) is 5.74. The number of ether oxygens (including phenoxy) is 3. The summed E-state index contributed by atoms with van der Waals surface area (Å²) in [5, 5.41) is 21.0. The first-order valence-electron chi connectivity index (χ1n) is 16.0. The first-order chi connectivity index (χ1) is 23.0. The van der Waals surface area contributed by atoms with E-state index in [1.807, 2.05) is 68.6 Å². The number of hydrogen-bond acceptors (Lipinski definition) is 9. The van der Waals surface area contributed by atoms with Crippen LogP contribution in [0, 0.1) is 0 Å². The summed E-state index contributed by atoms with van der Waals surface area (Å²) in [6.45, 7) is 8.65. The van der Waals surface area contributed by atoms with Gasteiger partial charge in [-0.1, -0.05) is 6.92 Å². The van der Waals surface area contributed by atoms with Gasteiger partial charge in [0.25, 0.3) is 0 Å². The molecule has 13 heteroatoms. The van der Waals surface area contributed by atoms with Crippen LogP contribution in [0.2, 0.25) is 0 Å². The zero-order valence-corrected chi connectivity index (χ0v) is 26.8. The lowest BCUT2D eigenvalue weighted by Gasteiger charge is -2.37. The van der Waals surface area contributed by atoms with Crippen LogP contribution in [0.5, 0.6) is 5.75 Å². The van der Waals surface area contributed by atoms with Gasteiger partial charge in [-0.15, -0.1) is 4.90 Å². The highest BCUT2D eigenvalue weighted by atomic mass is 16.8. The monoisotopic (exact) mass is 640 g/mol. The molecule has 246 valence electrons. The van der Waals surface area contributed by atoms with Gasteiger partial charge in [-0.25, -0.2) is 4.79 Å². The van der Waals surface area contributed by atoms with Crippen LogP contribution >= 0.6 is 0 Å². The molecule has 2 aromatic heterocycles. The van der Waals surface area contributed by atoms with Gasteiger partial charge in [0.1, 0.15) is 24.1 Å². The standard InChI is InChI=1S/C34H41N9O4/c1-3-26(2)39-33(44)43(25-35)30-7-5-28(6-8-30)40-17-19-41(20-18-40)29-9-11-31(12-10-29)45-22-32-23-46-34(47-32,24-42-16-4-14-38-42)27-13-15-36-37-21-27/h4-16,21,25-26,32,35H,3,17-20,22-24H2,1-2H3,(H,39,44)/p+1. The van der Waals surface area contributed by atoms with E-state index < -0.39 is 5.79 Å². The Morgan fingerprint density at radius 1 is 1.06 bits per heavy atom. The van der Waals surface area contributed by atoms with E-state index in [0.29, 0.717) is 19.8 Å². The molecule has 0 radical (unpaired) electrons. The highest BCUT2D eigenvalue weighted by Crippen LogP contribution is 2.36. The minimum absolute atomic E-state index is 0.0716. The maximum Gasteiger partial charge on any atom is 0.413 e. The number of nitrogens with one attached hydrogen (secondary N) is 1. The summed E-state index contributed by atoms with van der Waals surface area (Å²) in [5.74, 6) is -0.246. The lowest BCUT2D eigenvalue weighted by atomic mass is 10.1. The van der Waals surface area contributed by atoms with E-state index >= 15 is 0 Å². The third-order valence-electron chi connectivity index (χ3n) is 8.57. The number of rotatable bonds is 12. The molecule has 47 heavy (non-hydrogen) atoms. The van der Waals surface area contributed by atoms with Crippen molar-refractivity contribution in [2.45, 2.75) is 44.7 Å². The first kappa shape index (κ1) is 32.0. The van der Waals surface area contributed by atoms with E-state index in [2.05, 4.69) is 42.5 Å².